The van der Waals surface area contributed by atoms with Crippen LogP contribution in [0.3, 0.4) is 0 Å². The maximum absolute atomic E-state index is 11.9. The van der Waals surface area contributed by atoms with Gasteiger partial charge in [-0.2, -0.15) is 0 Å². The van der Waals surface area contributed by atoms with E-state index in [0.29, 0.717) is 12.1 Å². The molecule has 1 amide bonds. The first-order valence-corrected chi connectivity index (χ1v) is 8.49. The van der Waals surface area contributed by atoms with E-state index in [0.717, 1.165) is 37.7 Å². The summed E-state index contributed by atoms with van der Waals surface area (Å²) < 4.78 is 0. The normalized spacial score (nSPS) is 11.0. The molecule has 0 saturated heterocycles. The molecule has 0 atom stereocenters. The molecule has 1 aromatic rings. The van der Waals surface area contributed by atoms with E-state index in [1.165, 1.54) is 0 Å². The number of nitrogens with zero attached hydrogens (tertiary/aromatic N) is 3. The van der Waals surface area contributed by atoms with Crippen molar-refractivity contribution in [3.05, 3.63) is 35.4 Å². The third kappa shape index (κ3) is 9.06. The number of carbonyl (C=O) groups excluding carboxylic acids is 1. The second-order valence-electron chi connectivity index (χ2n) is 5.91. The minimum absolute atomic E-state index is 0. The Morgan fingerprint density at radius 3 is 2.24 bits per heavy atom. The number of likely N-dealkylation sites (N-methyl/N-ethyl adjacent to an activating group) is 1. The molecule has 142 valence electrons. The van der Waals surface area contributed by atoms with Crippen molar-refractivity contribution in [3.8, 4) is 0 Å². The van der Waals surface area contributed by atoms with Crippen LogP contribution in [0.15, 0.2) is 29.3 Å². The molecule has 0 saturated carbocycles. The Balaban J connectivity index is 0.00000576. The number of benzene rings is 1. The van der Waals surface area contributed by atoms with Gasteiger partial charge in [-0.15, -0.1) is 24.0 Å². The van der Waals surface area contributed by atoms with Gasteiger partial charge in [-0.1, -0.05) is 19.1 Å². The number of rotatable bonds is 8. The predicted octanol–water partition coefficient (Wildman–Crippen LogP) is 2.01. The maximum atomic E-state index is 11.9. The van der Waals surface area contributed by atoms with E-state index in [9.17, 15) is 4.79 Å². The molecule has 7 heteroatoms. The van der Waals surface area contributed by atoms with E-state index in [1.807, 2.05) is 24.3 Å². The van der Waals surface area contributed by atoms with Crippen LogP contribution < -0.4 is 10.6 Å². The third-order valence-electron chi connectivity index (χ3n) is 3.70. The Morgan fingerprint density at radius 1 is 1.08 bits per heavy atom. The molecule has 0 radical (unpaired) electrons. The largest absolute Gasteiger partial charge is 0.357 e. The monoisotopic (exact) mass is 461 g/mol. The molecule has 0 spiro atoms. The Kier molecular flexibility index (Phi) is 12.2. The van der Waals surface area contributed by atoms with Gasteiger partial charge in [-0.05, 0) is 38.2 Å². The lowest BCUT2D eigenvalue weighted by Gasteiger charge is -2.16. The van der Waals surface area contributed by atoms with Crippen LogP contribution in [0.4, 0.5) is 0 Å². The van der Waals surface area contributed by atoms with E-state index >= 15 is 0 Å². The first-order valence-electron chi connectivity index (χ1n) is 8.49. The van der Waals surface area contributed by atoms with Crippen LogP contribution >= 0.6 is 24.0 Å². The number of halogens is 1. The second kappa shape index (κ2) is 12.9. The second-order valence-corrected chi connectivity index (χ2v) is 5.91. The Morgan fingerprint density at radius 2 is 1.72 bits per heavy atom. The predicted molar refractivity (Wildman–Crippen MR) is 116 cm³/mol. The summed E-state index contributed by atoms with van der Waals surface area (Å²) in [6, 6.07) is 7.61. The summed E-state index contributed by atoms with van der Waals surface area (Å²) in [4.78, 5) is 20.3. The van der Waals surface area contributed by atoms with Crippen LogP contribution in [-0.2, 0) is 6.54 Å². The van der Waals surface area contributed by atoms with Crippen molar-refractivity contribution in [2.45, 2.75) is 20.4 Å². The molecule has 0 heterocycles. The Bertz CT molecular complexity index is 531. The zero-order valence-electron chi connectivity index (χ0n) is 16.0. The van der Waals surface area contributed by atoms with Gasteiger partial charge in [0, 0.05) is 39.3 Å². The first kappa shape index (κ1) is 23.6. The number of aliphatic imine (C=N–C) groups is 1. The van der Waals surface area contributed by atoms with Gasteiger partial charge >= 0.3 is 0 Å². The zero-order chi connectivity index (χ0) is 17.9. The molecule has 1 aromatic carbocycles. The van der Waals surface area contributed by atoms with Crippen molar-refractivity contribution in [2.24, 2.45) is 4.99 Å². The van der Waals surface area contributed by atoms with E-state index in [4.69, 9.17) is 0 Å². The quantitative estimate of drug-likeness (QED) is 0.354. The van der Waals surface area contributed by atoms with Gasteiger partial charge in [0.05, 0.1) is 6.54 Å². The van der Waals surface area contributed by atoms with Crippen LogP contribution in [0, 0.1) is 0 Å². The number of amides is 1. The number of hydrogen-bond donors (Lipinski definition) is 2. The van der Waals surface area contributed by atoms with Gasteiger partial charge in [0.25, 0.3) is 5.91 Å². The van der Waals surface area contributed by atoms with Crippen molar-refractivity contribution in [3.63, 3.8) is 0 Å². The zero-order valence-corrected chi connectivity index (χ0v) is 18.3. The van der Waals surface area contributed by atoms with Crippen molar-refractivity contribution >= 4 is 35.8 Å². The van der Waals surface area contributed by atoms with Gasteiger partial charge in [0.1, 0.15) is 0 Å². The number of guanidine groups is 1. The Labute approximate surface area is 169 Å². The molecule has 0 aliphatic rings. The van der Waals surface area contributed by atoms with Crippen LogP contribution in [-0.4, -0.2) is 69.0 Å². The van der Waals surface area contributed by atoms with Crippen LogP contribution in [0.25, 0.3) is 0 Å². The fourth-order valence-corrected chi connectivity index (χ4v) is 2.05. The summed E-state index contributed by atoms with van der Waals surface area (Å²) in [5.41, 5.74) is 1.77. The summed E-state index contributed by atoms with van der Waals surface area (Å²) in [7, 11) is 5.61. The van der Waals surface area contributed by atoms with E-state index < -0.39 is 0 Å². The van der Waals surface area contributed by atoms with E-state index in [1.54, 1.807) is 19.0 Å². The third-order valence-corrected chi connectivity index (χ3v) is 3.70. The molecule has 2 N–H and O–H groups in total. The van der Waals surface area contributed by atoms with Gasteiger partial charge in [-0.3, -0.25) is 4.79 Å². The van der Waals surface area contributed by atoms with Crippen molar-refractivity contribution in [1.82, 2.24) is 20.4 Å². The van der Waals surface area contributed by atoms with Gasteiger partial charge in [-0.25, -0.2) is 4.99 Å². The lowest BCUT2D eigenvalue weighted by Crippen LogP contribution is -2.40. The molecule has 0 fully saturated rings. The highest BCUT2D eigenvalue weighted by molar-refractivity contribution is 14.0. The highest BCUT2D eigenvalue weighted by Gasteiger charge is 2.07. The topological polar surface area (TPSA) is 60.0 Å². The summed E-state index contributed by atoms with van der Waals surface area (Å²) in [6.45, 7) is 8.46. The number of nitrogens with one attached hydrogen (secondary N) is 2. The molecule has 25 heavy (non-hydrogen) atoms. The smallest absolute Gasteiger partial charge is 0.253 e. The highest BCUT2D eigenvalue weighted by Crippen LogP contribution is 2.07. The van der Waals surface area contributed by atoms with Crippen molar-refractivity contribution < 1.29 is 4.79 Å². The number of carbonyl (C=O) groups is 1. The highest BCUT2D eigenvalue weighted by atomic mass is 127. The van der Waals surface area contributed by atoms with E-state index in [-0.39, 0.29) is 29.9 Å². The SMILES string of the molecule is CCNC(=NCc1ccc(C(=O)N(C)C)cc1)NCCN(C)CC.I. The summed E-state index contributed by atoms with van der Waals surface area (Å²) >= 11 is 0. The maximum Gasteiger partial charge on any atom is 0.253 e. The lowest BCUT2D eigenvalue weighted by atomic mass is 10.1. The molecule has 0 bridgehead atoms. The molecular formula is C18H32IN5O. The molecular weight excluding hydrogens is 429 g/mol. The van der Waals surface area contributed by atoms with Crippen LogP contribution in [0.2, 0.25) is 0 Å². The molecule has 0 aromatic heterocycles. The molecule has 6 nitrogen and oxygen atoms in total. The van der Waals surface area contributed by atoms with Crippen LogP contribution in [0.5, 0.6) is 0 Å². The minimum Gasteiger partial charge on any atom is -0.357 e. The average Bonchev–Trinajstić information content (AvgIpc) is 2.59. The summed E-state index contributed by atoms with van der Waals surface area (Å²) in [5.74, 6) is 0.829. The van der Waals surface area contributed by atoms with Crippen molar-refractivity contribution in [1.29, 1.82) is 0 Å². The fraction of sp³-hybridized carbons (Fsp3) is 0.556. The van der Waals surface area contributed by atoms with E-state index in [2.05, 4.69) is 41.4 Å². The summed E-state index contributed by atoms with van der Waals surface area (Å²) in [6.07, 6.45) is 0. The Hall–Kier alpha value is -1.35. The van der Waals surface area contributed by atoms with Gasteiger partial charge in [0.15, 0.2) is 5.96 Å². The van der Waals surface area contributed by atoms with Crippen molar-refractivity contribution in [2.75, 3.05) is 47.3 Å². The molecule has 0 aliphatic carbocycles. The van der Waals surface area contributed by atoms with Crippen LogP contribution in [0.1, 0.15) is 29.8 Å². The minimum atomic E-state index is 0. The fourth-order valence-electron chi connectivity index (χ4n) is 2.05. The van der Waals surface area contributed by atoms with Gasteiger partial charge in [0.2, 0.25) is 0 Å². The first-order chi connectivity index (χ1) is 11.5. The molecule has 1 rings (SSSR count). The number of hydrogen-bond acceptors (Lipinski definition) is 3. The lowest BCUT2D eigenvalue weighted by molar-refractivity contribution is 0.0827. The standard InChI is InChI=1S/C18H31N5O.HI/c1-6-19-18(20-12-13-23(5)7-2)21-14-15-8-10-16(11-9-15)17(24)22(3)4;/h8-11H,6-7,12-14H2,1-5H3,(H2,19,20,21);1H. The molecule has 0 unspecified atom stereocenters. The molecule has 0 aliphatic heterocycles. The average molecular weight is 461 g/mol. The van der Waals surface area contributed by atoms with Gasteiger partial charge < -0.3 is 20.4 Å². The summed E-state index contributed by atoms with van der Waals surface area (Å²) in [5, 5.41) is 6.59.